The molecule has 1 nitrogen and oxygen atoms in total. The lowest BCUT2D eigenvalue weighted by molar-refractivity contribution is 0.235. The number of hydrogen-bond acceptors (Lipinski definition) is 1. The second-order valence-electron chi connectivity index (χ2n) is 6.64. The molecule has 2 aliphatic carbocycles. The normalized spacial score (nSPS) is 25.2. The van der Waals surface area contributed by atoms with Crippen LogP contribution >= 0.6 is 0 Å². The number of nitrogens with one attached hydrogen (secondary N) is 1. The van der Waals surface area contributed by atoms with Gasteiger partial charge in [-0.05, 0) is 44.1 Å². The lowest BCUT2D eigenvalue weighted by atomic mass is 9.79. The molecule has 0 radical (unpaired) electrons. The summed E-state index contributed by atoms with van der Waals surface area (Å²) in [6.45, 7) is 3.43. The van der Waals surface area contributed by atoms with Gasteiger partial charge in [0.2, 0.25) is 0 Å². The maximum absolute atomic E-state index is 3.79. The molecule has 0 aromatic heterocycles. The molecule has 18 heavy (non-hydrogen) atoms. The summed E-state index contributed by atoms with van der Waals surface area (Å²) in [5.41, 5.74) is 0. The zero-order chi connectivity index (χ0) is 12.6. The van der Waals surface area contributed by atoms with E-state index in [1.54, 1.807) is 0 Å². The van der Waals surface area contributed by atoms with E-state index < -0.39 is 0 Å². The van der Waals surface area contributed by atoms with Gasteiger partial charge in [0, 0.05) is 6.04 Å². The summed E-state index contributed by atoms with van der Waals surface area (Å²) in [4.78, 5) is 0. The molecule has 0 heterocycles. The Morgan fingerprint density at radius 3 is 2.11 bits per heavy atom. The van der Waals surface area contributed by atoms with Gasteiger partial charge in [0.25, 0.3) is 0 Å². The van der Waals surface area contributed by atoms with Gasteiger partial charge in [-0.15, -0.1) is 0 Å². The monoisotopic (exact) mass is 251 g/mol. The van der Waals surface area contributed by atoms with Crippen molar-refractivity contribution in [1.29, 1.82) is 0 Å². The van der Waals surface area contributed by atoms with Crippen molar-refractivity contribution in [3.63, 3.8) is 0 Å². The molecule has 2 rings (SSSR count). The van der Waals surface area contributed by atoms with E-state index in [0.29, 0.717) is 0 Å². The molecule has 0 aromatic carbocycles. The molecular weight excluding hydrogens is 218 g/mol. The molecule has 2 fully saturated rings. The minimum atomic E-state index is 0.831. The van der Waals surface area contributed by atoms with Crippen LogP contribution in [0.15, 0.2) is 0 Å². The highest BCUT2D eigenvalue weighted by atomic mass is 14.9. The van der Waals surface area contributed by atoms with E-state index in [-0.39, 0.29) is 0 Å². The third-order valence-electron chi connectivity index (χ3n) is 5.30. The first kappa shape index (κ1) is 14.4. The van der Waals surface area contributed by atoms with Crippen LogP contribution in [-0.4, -0.2) is 12.6 Å². The van der Waals surface area contributed by atoms with Crippen molar-refractivity contribution in [2.75, 3.05) is 6.54 Å². The SMILES string of the molecule is CCNC(CCC1CCCCC1)C1CCCCC1. The first-order valence-corrected chi connectivity index (χ1v) is 8.63. The van der Waals surface area contributed by atoms with Crippen LogP contribution in [0.1, 0.15) is 84.0 Å². The molecule has 0 amide bonds. The lowest BCUT2D eigenvalue weighted by Gasteiger charge is -2.32. The molecule has 0 saturated heterocycles. The zero-order valence-corrected chi connectivity index (χ0v) is 12.4. The molecule has 2 saturated carbocycles. The minimum absolute atomic E-state index is 0.831. The first-order valence-electron chi connectivity index (χ1n) is 8.63. The Morgan fingerprint density at radius 2 is 1.50 bits per heavy atom. The van der Waals surface area contributed by atoms with Gasteiger partial charge in [0.05, 0.1) is 0 Å². The van der Waals surface area contributed by atoms with Crippen molar-refractivity contribution in [3.8, 4) is 0 Å². The summed E-state index contributed by atoms with van der Waals surface area (Å²) in [7, 11) is 0. The fourth-order valence-corrected chi connectivity index (χ4v) is 4.19. The fourth-order valence-electron chi connectivity index (χ4n) is 4.19. The van der Waals surface area contributed by atoms with Gasteiger partial charge in [-0.2, -0.15) is 0 Å². The van der Waals surface area contributed by atoms with Crippen molar-refractivity contribution in [1.82, 2.24) is 5.32 Å². The lowest BCUT2D eigenvalue weighted by Crippen LogP contribution is -2.37. The van der Waals surface area contributed by atoms with Crippen molar-refractivity contribution < 1.29 is 0 Å². The van der Waals surface area contributed by atoms with E-state index in [4.69, 9.17) is 0 Å². The van der Waals surface area contributed by atoms with Crippen molar-refractivity contribution in [2.24, 2.45) is 11.8 Å². The Balaban J connectivity index is 1.73. The molecule has 0 spiro atoms. The molecular formula is C17H33N. The van der Waals surface area contributed by atoms with Crippen LogP contribution in [0.25, 0.3) is 0 Å². The summed E-state index contributed by atoms with van der Waals surface area (Å²) >= 11 is 0. The van der Waals surface area contributed by atoms with Gasteiger partial charge in [-0.3, -0.25) is 0 Å². The standard InChI is InChI=1S/C17H33N/c1-2-18-17(16-11-7-4-8-12-16)14-13-15-9-5-3-6-10-15/h15-18H,2-14H2,1H3. The summed E-state index contributed by atoms with van der Waals surface area (Å²) < 4.78 is 0. The van der Waals surface area contributed by atoms with Crippen LogP contribution in [0.3, 0.4) is 0 Å². The van der Waals surface area contributed by atoms with E-state index in [1.807, 2.05) is 0 Å². The number of rotatable bonds is 6. The summed E-state index contributed by atoms with van der Waals surface area (Å²) in [6.07, 6.45) is 17.9. The summed E-state index contributed by atoms with van der Waals surface area (Å²) in [6, 6.07) is 0.831. The molecule has 1 atom stereocenters. The van der Waals surface area contributed by atoms with Crippen LogP contribution < -0.4 is 5.32 Å². The topological polar surface area (TPSA) is 12.0 Å². The van der Waals surface area contributed by atoms with E-state index >= 15 is 0 Å². The largest absolute Gasteiger partial charge is 0.314 e. The molecule has 1 N–H and O–H groups in total. The second kappa shape index (κ2) is 8.19. The predicted octanol–water partition coefficient (Wildman–Crippen LogP) is 4.91. The molecule has 0 aliphatic heterocycles. The Hall–Kier alpha value is -0.0400. The zero-order valence-electron chi connectivity index (χ0n) is 12.4. The quantitative estimate of drug-likeness (QED) is 0.707. The minimum Gasteiger partial charge on any atom is -0.314 e. The van der Waals surface area contributed by atoms with E-state index in [1.165, 1.54) is 77.0 Å². The molecule has 1 unspecified atom stereocenters. The fraction of sp³-hybridized carbons (Fsp3) is 1.00. The Morgan fingerprint density at radius 1 is 0.889 bits per heavy atom. The highest BCUT2D eigenvalue weighted by Gasteiger charge is 2.24. The van der Waals surface area contributed by atoms with Crippen molar-refractivity contribution in [3.05, 3.63) is 0 Å². The van der Waals surface area contributed by atoms with Gasteiger partial charge in [-0.25, -0.2) is 0 Å². The molecule has 1 heteroatoms. The first-order chi connectivity index (χ1) is 8.90. The maximum atomic E-state index is 3.79. The summed E-state index contributed by atoms with van der Waals surface area (Å²) in [5, 5.41) is 3.79. The van der Waals surface area contributed by atoms with Crippen LogP contribution in [0.4, 0.5) is 0 Å². The summed E-state index contributed by atoms with van der Waals surface area (Å²) in [5.74, 6) is 2.05. The Labute approximate surface area is 114 Å². The van der Waals surface area contributed by atoms with Gasteiger partial charge in [-0.1, -0.05) is 58.3 Å². The van der Waals surface area contributed by atoms with Crippen LogP contribution in [0, 0.1) is 11.8 Å². The third-order valence-corrected chi connectivity index (χ3v) is 5.30. The average molecular weight is 251 g/mol. The number of hydrogen-bond donors (Lipinski definition) is 1. The van der Waals surface area contributed by atoms with Gasteiger partial charge in [0.15, 0.2) is 0 Å². The van der Waals surface area contributed by atoms with E-state index in [0.717, 1.165) is 24.4 Å². The van der Waals surface area contributed by atoms with Gasteiger partial charge < -0.3 is 5.32 Å². The predicted molar refractivity (Wildman–Crippen MR) is 79.8 cm³/mol. The van der Waals surface area contributed by atoms with Crippen LogP contribution in [0.5, 0.6) is 0 Å². The van der Waals surface area contributed by atoms with Gasteiger partial charge in [0.1, 0.15) is 0 Å². The molecule has 106 valence electrons. The molecule has 0 bridgehead atoms. The van der Waals surface area contributed by atoms with Crippen molar-refractivity contribution in [2.45, 2.75) is 90.0 Å². The van der Waals surface area contributed by atoms with Crippen LogP contribution in [-0.2, 0) is 0 Å². The highest BCUT2D eigenvalue weighted by Crippen LogP contribution is 2.32. The Bertz CT molecular complexity index is 202. The average Bonchev–Trinajstić information content (AvgIpc) is 2.45. The third kappa shape index (κ3) is 4.57. The molecule has 2 aliphatic rings. The second-order valence-corrected chi connectivity index (χ2v) is 6.64. The van der Waals surface area contributed by atoms with Crippen LogP contribution in [0.2, 0.25) is 0 Å². The maximum Gasteiger partial charge on any atom is 0.00953 e. The highest BCUT2D eigenvalue weighted by molar-refractivity contribution is 4.80. The smallest absolute Gasteiger partial charge is 0.00953 e. The van der Waals surface area contributed by atoms with E-state index in [9.17, 15) is 0 Å². The van der Waals surface area contributed by atoms with Gasteiger partial charge >= 0.3 is 0 Å². The molecule has 0 aromatic rings. The van der Waals surface area contributed by atoms with Crippen molar-refractivity contribution >= 4 is 0 Å². The van der Waals surface area contributed by atoms with E-state index in [2.05, 4.69) is 12.2 Å². The Kier molecular flexibility index (Phi) is 6.54.